The van der Waals surface area contributed by atoms with Gasteiger partial charge in [0.25, 0.3) is 0 Å². The van der Waals surface area contributed by atoms with Gasteiger partial charge in [-0.3, -0.25) is 0 Å². The molecule has 4 heteroatoms. The lowest BCUT2D eigenvalue weighted by molar-refractivity contribution is -0.0991. The van der Waals surface area contributed by atoms with Crippen LogP contribution in [0.5, 0.6) is 0 Å². The van der Waals surface area contributed by atoms with Crippen LogP contribution in [0.4, 0.5) is 4.39 Å². The summed E-state index contributed by atoms with van der Waals surface area (Å²) in [5.74, 6) is -0.306. The van der Waals surface area contributed by atoms with Gasteiger partial charge in [-0.15, -0.1) is 0 Å². The summed E-state index contributed by atoms with van der Waals surface area (Å²) in [6.45, 7) is 4.98. The molecule has 17 heavy (non-hydrogen) atoms. The third-order valence-electron chi connectivity index (χ3n) is 2.96. The molecule has 1 fully saturated rings. The fourth-order valence-electron chi connectivity index (χ4n) is 1.87. The first kappa shape index (κ1) is 12.0. The van der Waals surface area contributed by atoms with Gasteiger partial charge in [-0.05, 0) is 23.8 Å². The molecule has 90 valence electrons. The lowest BCUT2D eigenvalue weighted by atomic mass is 9.88. The van der Waals surface area contributed by atoms with Crippen LogP contribution in [0, 0.1) is 22.6 Å². The Balaban J connectivity index is 1.94. The molecular weight excluding hydrogens is 219 g/mol. The molecule has 3 nitrogen and oxygen atoms in total. The summed E-state index contributed by atoms with van der Waals surface area (Å²) in [6.07, 6.45) is 0. The summed E-state index contributed by atoms with van der Waals surface area (Å²) in [5.41, 5.74) is 1.41. The van der Waals surface area contributed by atoms with E-state index in [-0.39, 0.29) is 11.2 Å². The van der Waals surface area contributed by atoms with Gasteiger partial charge < -0.3 is 10.1 Å². The van der Waals surface area contributed by atoms with Crippen LogP contribution in [-0.2, 0) is 11.3 Å². The van der Waals surface area contributed by atoms with Crippen LogP contribution in [0.25, 0.3) is 0 Å². The molecule has 0 aliphatic carbocycles. The normalized spacial score (nSPS) is 17.2. The van der Waals surface area contributed by atoms with Crippen LogP contribution >= 0.6 is 0 Å². The molecular formula is C13H15FN2O. The minimum atomic E-state index is -0.306. The van der Waals surface area contributed by atoms with Gasteiger partial charge in [0.2, 0.25) is 0 Å². The minimum absolute atomic E-state index is 0.181. The molecule has 1 aromatic rings. The Kier molecular flexibility index (Phi) is 3.41. The van der Waals surface area contributed by atoms with Gasteiger partial charge in [-0.25, -0.2) is 4.39 Å². The van der Waals surface area contributed by atoms with Gasteiger partial charge in [-0.2, -0.15) is 5.26 Å². The second-order valence-electron chi connectivity index (χ2n) is 4.82. The summed E-state index contributed by atoms with van der Waals surface area (Å²) < 4.78 is 18.2. The highest BCUT2D eigenvalue weighted by atomic mass is 19.1. The number of hydrogen-bond donors (Lipinski definition) is 1. The zero-order valence-corrected chi connectivity index (χ0v) is 9.79. The van der Waals surface area contributed by atoms with Crippen molar-refractivity contribution in [1.82, 2.24) is 5.32 Å². The smallest absolute Gasteiger partial charge is 0.123 e. The fourth-order valence-corrected chi connectivity index (χ4v) is 1.87. The van der Waals surface area contributed by atoms with Crippen LogP contribution in [0.15, 0.2) is 18.2 Å². The predicted molar refractivity (Wildman–Crippen MR) is 61.7 cm³/mol. The Bertz CT molecular complexity index is 449. The predicted octanol–water partition coefficient (Wildman–Crippen LogP) is 1.82. The van der Waals surface area contributed by atoms with Gasteiger partial charge in [-0.1, -0.05) is 6.92 Å². The fraction of sp³-hybridized carbons (Fsp3) is 0.462. The molecule has 1 saturated heterocycles. The van der Waals surface area contributed by atoms with Crippen molar-refractivity contribution in [3.05, 3.63) is 35.1 Å². The van der Waals surface area contributed by atoms with Gasteiger partial charge in [0.15, 0.2) is 0 Å². The number of ether oxygens (including phenoxy) is 1. The molecule has 1 heterocycles. The highest BCUT2D eigenvalue weighted by molar-refractivity contribution is 5.37. The average Bonchev–Trinajstić information content (AvgIpc) is 2.27. The lowest BCUT2D eigenvalue weighted by Gasteiger charge is -2.38. The van der Waals surface area contributed by atoms with E-state index in [1.54, 1.807) is 0 Å². The quantitative estimate of drug-likeness (QED) is 0.864. The largest absolute Gasteiger partial charge is 0.380 e. The van der Waals surface area contributed by atoms with Gasteiger partial charge >= 0.3 is 0 Å². The SMILES string of the molecule is CC1(CNCc2cc(F)ccc2C#N)COC1. The third kappa shape index (κ3) is 2.82. The van der Waals surface area contributed by atoms with E-state index in [4.69, 9.17) is 10.00 Å². The van der Waals surface area contributed by atoms with Crippen LogP contribution in [0.1, 0.15) is 18.1 Å². The maximum absolute atomic E-state index is 13.1. The summed E-state index contributed by atoms with van der Waals surface area (Å²) in [5, 5.41) is 12.2. The molecule has 2 rings (SSSR count). The van der Waals surface area contributed by atoms with E-state index in [9.17, 15) is 4.39 Å². The van der Waals surface area contributed by atoms with Crippen LogP contribution in [0.3, 0.4) is 0 Å². The summed E-state index contributed by atoms with van der Waals surface area (Å²) in [6, 6.07) is 6.30. The van der Waals surface area contributed by atoms with Gasteiger partial charge in [0.1, 0.15) is 5.82 Å². The number of rotatable bonds is 4. The first-order valence-corrected chi connectivity index (χ1v) is 5.60. The van der Waals surface area contributed by atoms with Crippen molar-refractivity contribution in [1.29, 1.82) is 5.26 Å². The van der Waals surface area contributed by atoms with E-state index < -0.39 is 0 Å². The minimum Gasteiger partial charge on any atom is -0.380 e. The van der Waals surface area contributed by atoms with E-state index in [2.05, 4.69) is 18.3 Å². The Morgan fingerprint density at radius 1 is 1.53 bits per heavy atom. The number of nitriles is 1. The number of halogens is 1. The highest BCUT2D eigenvalue weighted by Crippen LogP contribution is 2.25. The topological polar surface area (TPSA) is 45.0 Å². The number of benzene rings is 1. The van der Waals surface area contributed by atoms with Crippen LogP contribution in [-0.4, -0.2) is 19.8 Å². The molecule has 0 atom stereocenters. The molecule has 0 saturated carbocycles. The van der Waals surface area contributed by atoms with E-state index in [1.807, 2.05) is 0 Å². The Morgan fingerprint density at radius 2 is 2.29 bits per heavy atom. The van der Waals surface area contributed by atoms with Crippen molar-refractivity contribution < 1.29 is 9.13 Å². The molecule has 0 unspecified atom stereocenters. The van der Waals surface area contributed by atoms with E-state index in [1.165, 1.54) is 18.2 Å². The molecule has 0 amide bonds. The zero-order valence-electron chi connectivity index (χ0n) is 9.79. The maximum Gasteiger partial charge on any atom is 0.123 e. The summed E-state index contributed by atoms with van der Waals surface area (Å²) in [7, 11) is 0. The zero-order chi connectivity index (χ0) is 12.3. The Labute approximate surface area is 100 Å². The van der Waals surface area contributed by atoms with Crippen molar-refractivity contribution >= 4 is 0 Å². The van der Waals surface area contributed by atoms with Crippen molar-refractivity contribution in [3.8, 4) is 6.07 Å². The van der Waals surface area contributed by atoms with Gasteiger partial charge in [0, 0.05) is 18.5 Å². The standard InChI is InChI=1S/C13H15FN2O/c1-13(8-17-9-13)7-16-6-11-4-12(14)3-2-10(11)5-15/h2-4,16H,6-9H2,1H3. The second kappa shape index (κ2) is 4.82. The maximum atomic E-state index is 13.1. The molecule has 1 aromatic carbocycles. The molecule has 0 spiro atoms. The Hall–Kier alpha value is -1.44. The summed E-state index contributed by atoms with van der Waals surface area (Å²) >= 11 is 0. The van der Waals surface area contributed by atoms with Crippen molar-refractivity contribution in [3.63, 3.8) is 0 Å². The lowest BCUT2D eigenvalue weighted by Crippen LogP contribution is -2.47. The number of nitrogens with one attached hydrogen (secondary N) is 1. The molecule has 1 aliphatic rings. The molecule has 0 bridgehead atoms. The van der Waals surface area contributed by atoms with E-state index in [0.717, 1.165) is 19.8 Å². The first-order valence-electron chi connectivity index (χ1n) is 5.60. The number of nitrogens with zero attached hydrogens (tertiary/aromatic N) is 1. The van der Waals surface area contributed by atoms with Crippen molar-refractivity contribution in [2.75, 3.05) is 19.8 Å². The summed E-state index contributed by atoms with van der Waals surface area (Å²) in [4.78, 5) is 0. The second-order valence-corrected chi connectivity index (χ2v) is 4.82. The first-order chi connectivity index (χ1) is 8.13. The van der Waals surface area contributed by atoms with Crippen molar-refractivity contribution in [2.45, 2.75) is 13.5 Å². The molecule has 0 radical (unpaired) electrons. The van der Waals surface area contributed by atoms with Crippen molar-refractivity contribution in [2.24, 2.45) is 5.41 Å². The Morgan fingerprint density at radius 3 is 2.88 bits per heavy atom. The van der Waals surface area contributed by atoms with E-state index >= 15 is 0 Å². The van der Waals surface area contributed by atoms with Crippen LogP contribution < -0.4 is 5.32 Å². The van der Waals surface area contributed by atoms with Gasteiger partial charge in [0.05, 0.1) is 24.8 Å². The third-order valence-corrected chi connectivity index (χ3v) is 2.96. The molecule has 0 aromatic heterocycles. The molecule has 1 N–H and O–H groups in total. The highest BCUT2D eigenvalue weighted by Gasteiger charge is 2.32. The van der Waals surface area contributed by atoms with E-state index in [0.29, 0.717) is 17.7 Å². The monoisotopic (exact) mass is 234 g/mol. The van der Waals surface area contributed by atoms with Crippen LogP contribution in [0.2, 0.25) is 0 Å². The average molecular weight is 234 g/mol. The number of hydrogen-bond acceptors (Lipinski definition) is 3. The molecule has 1 aliphatic heterocycles.